The lowest BCUT2D eigenvalue weighted by atomic mass is 10.0. The zero-order valence-corrected chi connectivity index (χ0v) is 14.2. The molecule has 0 spiro atoms. The molecule has 1 aliphatic rings. The molecule has 2 heterocycles. The molecule has 1 fully saturated rings. The standard InChI is InChI=1S/C17H17FN4O4/c1-9(15(19)23)14-8-22(17(24)26-14)11-3-4-12(13(18)5-11)10-6-20-16(25-2)21-7-10/h3-7,9,14H,8H2,1-2H3,(H2,19,23). The molecule has 0 radical (unpaired) electrons. The number of methoxy groups -OCH3 is 1. The van der Waals surface area contributed by atoms with Crippen molar-refractivity contribution in [2.24, 2.45) is 11.7 Å². The van der Waals surface area contributed by atoms with Gasteiger partial charge in [0, 0.05) is 23.5 Å². The molecule has 136 valence electrons. The van der Waals surface area contributed by atoms with Crippen molar-refractivity contribution in [3.63, 3.8) is 0 Å². The normalized spacial score (nSPS) is 17.7. The van der Waals surface area contributed by atoms with E-state index >= 15 is 0 Å². The fourth-order valence-corrected chi connectivity index (χ4v) is 2.61. The van der Waals surface area contributed by atoms with Crippen molar-refractivity contribution in [2.75, 3.05) is 18.6 Å². The number of hydrogen-bond donors (Lipinski definition) is 1. The van der Waals surface area contributed by atoms with Crippen LogP contribution >= 0.6 is 0 Å². The van der Waals surface area contributed by atoms with Gasteiger partial charge in [-0.1, -0.05) is 0 Å². The Kier molecular flexibility index (Phi) is 4.70. The second-order valence-corrected chi connectivity index (χ2v) is 5.85. The average Bonchev–Trinajstić information content (AvgIpc) is 3.02. The Bertz CT molecular complexity index is 843. The van der Waals surface area contributed by atoms with Gasteiger partial charge in [0.15, 0.2) is 0 Å². The molecule has 2 N–H and O–H groups in total. The lowest BCUT2D eigenvalue weighted by Crippen LogP contribution is -2.34. The summed E-state index contributed by atoms with van der Waals surface area (Å²) in [6.07, 6.45) is 1.57. The Morgan fingerprint density at radius 3 is 2.69 bits per heavy atom. The monoisotopic (exact) mass is 360 g/mol. The third kappa shape index (κ3) is 3.28. The molecule has 1 aliphatic heterocycles. The first-order chi connectivity index (χ1) is 12.4. The van der Waals surface area contributed by atoms with Gasteiger partial charge in [-0.3, -0.25) is 9.69 Å². The van der Waals surface area contributed by atoms with E-state index in [0.717, 1.165) is 0 Å². The number of aromatic nitrogens is 2. The van der Waals surface area contributed by atoms with Crippen LogP contribution in [0.25, 0.3) is 11.1 Å². The van der Waals surface area contributed by atoms with E-state index in [0.29, 0.717) is 11.3 Å². The SMILES string of the molecule is COc1ncc(-c2ccc(N3CC(C(C)C(N)=O)OC3=O)cc2F)cn1. The van der Waals surface area contributed by atoms with E-state index in [9.17, 15) is 14.0 Å². The second kappa shape index (κ2) is 6.95. The Morgan fingerprint density at radius 2 is 2.12 bits per heavy atom. The van der Waals surface area contributed by atoms with Crippen LogP contribution in [-0.4, -0.2) is 41.7 Å². The minimum atomic E-state index is -0.669. The Morgan fingerprint density at radius 1 is 1.42 bits per heavy atom. The molecule has 2 aromatic rings. The predicted molar refractivity (Wildman–Crippen MR) is 90.0 cm³/mol. The Balaban J connectivity index is 1.83. The molecule has 2 unspecified atom stereocenters. The summed E-state index contributed by atoms with van der Waals surface area (Å²) in [4.78, 5) is 32.5. The van der Waals surface area contributed by atoms with Crippen LogP contribution in [0.15, 0.2) is 30.6 Å². The van der Waals surface area contributed by atoms with Crippen LogP contribution in [0.3, 0.4) is 0 Å². The van der Waals surface area contributed by atoms with Crippen LogP contribution in [0, 0.1) is 11.7 Å². The number of nitrogens with two attached hydrogens (primary N) is 1. The maximum absolute atomic E-state index is 14.5. The van der Waals surface area contributed by atoms with E-state index in [1.807, 2.05) is 0 Å². The van der Waals surface area contributed by atoms with Gasteiger partial charge in [0.05, 0.1) is 25.3 Å². The number of nitrogens with zero attached hydrogens (tertiary/aromatic N) is 3. The highest BCUT2D eigenvalue weighted by Gasteiger charge is 2.37. The first-order valence-corrected chi connectivity index (χ1v) is 7.84. The topological polar surface area (TPSA) is 108 Å². The molecule has 1 saturated heterocycles. The number of ether oxygens (including phenoxy) is 2. The fraction of sp³-hybridized carbons (Fsp3) is 0.294. The molecule has 8 nitrogen and oxygen atoms in total. The number of cyclic esters (lactones) is 1. The number of halogens is 1. The van der Waals surface area contributed by atoms with Crippen molar-refractivity contribution in [2.45, 2.75) is 13.0 Å². The summed E-state index contributed by atoms with van der Waals surface area (Å²) in [5.41, 5.74) is 6.32. The van der Waals surface area contributed by atoms with Gasteiger partial charge in [-0.15, -0.1) is 0 Å². The Labute approximate surface area is 148 Å². The summed E-state index contributed by atoms with van der Waals surface area (Å²) in [7, 11) is 1.44. The predicted octanol–water partition coefficient (Wildman–Crippen LogP) is 1.74. The first-order valence-electron chi connectivity index (χ1n) is 7.84. The zero-order valence-electron chi connectivity index (χ0n) is 14.2. The molecule has 0 aliphatic carbocycles. The van der Waals surface area contributed by atoms with Crippen molar-refractivity contribution in [3.05, 3.63) is 36.4 Å². The van der Waals surface area contributed by atoms with E-state index in [1.165, 1.54) is 36.5 Å². The van der Waals surface area contributed by atoms with Gasteiger partial charge in [-0.2, -0.15) is 0 Å². The first kappa shape index (κ1) is 17.6. The maximum atomic E-state index is 14.5. The molecular weight excluding hydrogens is 343 g/mol. The van der Waals surface area contributed by atoms with E-state index in [1.54, 1.807) is 13.0 Å². The van der Waals surface area contributed by atoms with E-state index in [4.69, 9.17) is 15.2 Å². The molecule has 2 amide bonds. The number of anilines is 1. The van der Waals surface area contributed by atoms with Crippen LogP contribution in [0.1, 0.15) is 6.92 Å². The van der Waals surface area contributed by atoms with Crippen molar-refractivity contribution in [3.8, 4) is 17.1 Å². The van der Waals surface area contributed by atoms with E-state index in [2.05, 4.69) is 9.97 Å². The molecule has 2 atom stereocenters. The van der Waals surface area contributed by atoms with Crippen molar-refractivity contribution < 1.29 is 23.5 Å². The third-order valence-corrected chi connectivity index (χ3v) is 4.23. The van der Waals surface area contributed by atoms with Gasteiger partial charge in [0.1, 0.15) is 11.9 Å². The summed E-state index contributed by atoms with van der Waals surface area (Å²) < 4.78 is 24.6. The number of benzene rings is 1. The van der Waals surface area contributed by atoms with Crippen LogP contribution < -0.4 is 15.4 Å². The summed E-state index contributed by atoms with van der Waals surface area (Å²) in [5, 5.41) is 0. The molecule has 3 rings (SSSR count). The van der Waals surface area contributed by atoms with Crippen LogP contribution in [-0.2, 0) is 9.53 Å². The zero-order chi connectivity index (χ0) is 18.8. The smallest absolute Gasteiger partial charge is 0.414 e. The van der Waals surface area contributed by atoms with E-state index < -0.39 is 29.8 Å². The lowest BCUT2D eigenvalue weighted by Gasteiger charge is -2.15. The molecule has 0 bridgehead atoms. The highest BCUT2D eigenvalue weighted by atomic mass is 19.1. The van der Waals surface area contributed by atoms with Crippen molar-refractivity contribution in [1.82, 2.24) is 9.97 Å². The number of amides is 2. The van der Waals surface area contributed by atoms with Gasteiger partial charge in [0.2, 0.25) is 5.91 Å². The van der Waals surface area contributed by atoms with Gasteiger partial charge in [0.25, 0.3) is 0 Å². The van der Waals surface area contributed by atoms with Gasteiger partial charge >= 0.3 is 12.1 Å². The van der Waals surface area contributed by atoms with E-state index in [-0.39, 0.29) is 18.1 Å². The third-order valence-electron chi connectivity index (χ3n) is 4.23. The van der Waals surface area contributed by atoms with Crippen LogP contribution in [0.4, 0.5) is 14.9 Å². The minimum absolute atomic E-state index is 0.118. The summed E-state index contributed by atoms with van der Waals surface area (Å²) in [6, 6.07) is 4.51. The maximum Gasteiger partial charge on any atom is 0.414 e. The number of rotatable bonds is 5. The molecular formula is C17H17FN4O4. The number of carbonyl (C=O) groups excluding carboxylic acids is 2. The van der Waals surface area contributed by atoms with Gasteiger partial charge < -0.3 is 15.2 Å². The summed E-state index contributed by atoms with van der Waals surface area (Å²) in [6.45, 7) is 1.70. The average molecular weight is 360 g/mol. The molecule has 1 aromatic carbocycles. The molecule has 9 heteroatoms. The van der Waals surface area contributed by atoms with Gasteiger partial charge in [-0.05, 0) is 25.1 Å². The largest absolute Gasteiger partial charge is 0.467 e. The Hall–Kier alpha value is -3.23. The highest BCUT2D eigenvalue weighted by Crippen LogP contribution is 2.30. The number of carbonyl (C=O) groups is 2. The fourth-order valence-electron chi connectivity index (χ4n) is 2.61. The highest BCUT2D eigenvalue weighted by molar-refractivity contribution is 5.91. The van der Waals surface area contributed by atoms with Crippen LogP contribution in [0.2, 0.25) is 0 Å². The van der Waals surface area contributed by atoms with Gasteiger partial charge in [-0.25, -0.2) is 19.2 Å². The van der Waals surface area contributed by atoms with Crippen LogP contribution in [0.5, 0.6) is 6.01 Å². The molecule has 0 saturated carbocycles. The lowest BCUT2D eigenvalue weighted by molar-refractivity contribution is -0.123. The molecule has 26 heavy (non-hydrogen) atoms. The summed E-state index contributed by atoms with van der Waals surface area (Å²) >= 11 is 0. The minimum Gasteiger partial charge on any atom is -0.467 e. The number of primary amides is 1. The molecule has 1 aromatic heterocycles. The summed E-state index contributed by atoms with van der Waals surface area (Å²) in [5.74, 6) is -1.74. The second-order valence-electron chi connectivity index (χ2n) is 5.85. The van der Waals surface area contributed by atoms with Crippen molar-refractivity contribution >= 4 is 17.7 Å². The number of hydrogen-bond acceptors (Lipinski definition) is 6. The quantitative estimate of drug-likeness (QED) is 0.870. The van der Waals surface area contributed by atoms with Crippen molar-refractivity contribution in [1.29, 1.82) is 0 Å².